The molecule has 0 aromatic rings. The smallest absolute Gasteiger partial charge is 0.271 e. The van der Waals surface area contributed by atoms with Crippen LogP contribution >= 0.6 is 0 Å². The van der Waals surface area contributed by atoms with Gasteiger partial charge in [0, 0.05) is 6.42 Å². The molecule has 0 fully saturated rings. The van der Waals surface area contributed by atoms with Crippen LogP contribution in [0.15, 0.2) is 0 Å². The molecule has 14 heavy (non-hydrogen) atoms. The molecule has 0 aromatic carbocycles. The first kappa shape index (κ1) is 12.7. The molecule has 78 valence electrons. The molecular formula is C10H14O4. The molecule has 0 heterocycles. The Bertz CT molecular complexity index is 243. The third kappa shape index (κ3) is 4.64. The van der Waals surface area contributed by atoms with Gasteiger partial charge in [-0.15, -0.1) is 0 Å². The maximum absolute atomic E-state index is 11.0. The Hall–Kier alpha value is -1.32. The van der Waals surface area contributed by atoms with Crippen LogP contribution in [0.1, 0.15) is 39.0 Å². The average Bonchev–Trinajstić information content (AvgIpc) is 2.21. The van der Waals surface area contributed by atoms with E-state index >= 15 is 0 Å². The third-order valence-electron chi connectivity index (χ3n) is 1.84. The second kappa shape index (κ2) is 7.12. The Morgan fingerprint density at radius 1 is 1.07 bits per heavy atom. The lowest BCUT2D eigenvalue weighted by Gasteiger charge is -1.96. The molecule has 0 spiro atoms. The van der Waals surface area contributed by atoms with Crippen molar-refractivity contribution in [3.63, 3.8) is 0 Å². The minimum atomic E-state index is -1.24. The maximum Gasteiger partial charge on any atom is 0.271 e. The molecule has 0 saturated carbocycles. The highest BCUT2D eigenvalue weighted by Crippen LogP contribution is 2.03. The summed E-state index contributed by atoms with van der Waals surface area (Å²) < 4.78 is 0. The van der Waals surface area contributed by atoms with E-state index < -0.39 is 17.3 Å². The zero-order valence-electron chi connectivity index (χ0n) is 8.25. The standard InChI is InChI=1S/C10H14O4/c1-2-3-4-5-6-8(12)10(14)9(13)7-11/h7H,2-6H2,1H3. The Labute approximate surface area is 82.7 Å². The molecule has 0 N–H and O–H groups in total. The van der Waals surface area contributed by atoms with Gasteiger partial charge in [-0.3, -0.25) is 19.2 Å². The lowest BCUT2D eigenvalue weighted by molar-refractivity contribution is -0.145. The number of hydrogen-bond donors (Lipinski definition) is 0. The van der Waals surface area contributed by atoms with Crippen LogP contribution in [0.3, 0.4) is 0 Å². The van der Waals surface area contributed by atoms with Gasteiger partial charge >= 0.3 is 0 Å². The first-order valence-corrected chi connectivity index (χ1v) is 4.70. The van der Waals surface area contributed by atoms with Gasteiger partial charge in [0.2, 0.25) is 5.78 Å². The molecule has 0 aliphatic heterocycles. The predicted molar refractivity (Wildman–Crippen MR) is 49.8 cm³/mol. The fraction of sp³-hybridized carbons (Fsp3) is 0.600. The van der Waals surface area contributed by atoms with E-state index in [1.54, 1.807) is 0 Å². The van der Waals surface area contributed by atoms with Gasteiger partial charge < -0.3 is 0 Å². The summed E-state index contributed by atoms with van der Waals surface area (Å²) in [4.78, 5) is 42.2. The zero-order chi connectivity index (χ0) is 11.0. The molecule has 4 nitrogen and oxygen atoms in total. The van der Waals surface area contributed by atoms with Crippen molar-refractivity contribution < 1.29 is 19.2 Å². The molecule has 0 rings (SSSR count). The SMILES string of the molecule is CCCCCCC(=O)C(=O)C(=O)C=O. The highest BCUT2D eigenvalue weighted by Gasteiger charge is 2.20. The van der Waals surface area contributed by atoms with E-state index in [1.165, 1.54) is 0 Å². The van der Waals surface area contributed by atoms with E-state index in [0.717, 1.165) is 19.3 Å². The molecular weight excluding hydrogens is 184 g/mol. The summed E-state index contributed by atoms with van der Waals surface area (Å²) in [5.74, 6) is -3.18. The molecule has 0 unspecified atom stereocenters. The van der Waals surface area contributed by atoms with Crippen molar-refractivity contribution in [3.8, 4) is 0 Å². The van der Waals surface area contributed by atoms with Crippen molar-refractivity contribution in [2.45, 2.75) is 39.0 Å². The molecule has 0 bridgehead atoms. The van der Waals surface area contributed by atoms with Crippen molar-refractivity contribution >= 4 is 23.6 Å². The highest BCUT2D eigenvalue weighted by molar-refractivity contribution is 6.74. The first-order chi connectivity index (χ1) is 6.63. The minimum Gasteiger partial charge on any atom is -0.294 e. The number of Topliss-reactive ketones (excluding diaryl/α,β-unsaturated/α-hetero) is 3. The van der Waals surface area contributed by atoms with E-state index in [2.05, 4.69) is 0 Å². The Morgan fingerprint density at radius 3 is 2.21 bits per heavy atom. The van der Waals surface area contributed by atoms with Gasteiger partial charge in [0.1, 0.15) is 0 Å². The summed E-state index contributed by atoms with van der Waals surface area (Å²) >= 11 is 0. The third-order valence-corrected chi connectivity index (χ3v) is 1.84. The van der Waals surface area contributed by atoms with Gasteiger partial charge in [-0.1, -0.05) is 26.2 Å². The van der Waals surface area contributed by atoms with Crippen molar-refractivity contribution in [1.29, 1.82) is 0 Å². The lowest BCUT2D eigenvalue weighted by atomic mass is 10.1. The summed E-state index contributed by atoms with van der Waals surface area (Å²) in [5.41, 5.74) is 0. The minimum absolute atomic E-state index is 0.0679. The van der Waals surface area contributed by atoms with E-state index in [4.69, 9.17) is 0 Å². The van der Waals surface area contributed by atoms with E-state index in [-0.39, 0.29) is 12.7 Å². The lowest BCUT2D eigenvalue weighted by Crippen LogP contribution is -2.24. The molecule has 0 aliphatic rings. The van der Waals surface area contributed by atoms with Crippen molar-refractivity contribution in [2.75, 3.05) is 0 Å². The molecule has 0 atom stereocenters. The number of rotatable bonds is 8. The summed E-state index contributed by atoms with van der Waals surface area (Å²) in [7, 11) is 0. The Morgan fingerprint density at radius 2 is 1.71 bits per heavy atom. The van der Waals surface area contributed by atoms with E-state index in [0.29, 0.717) is 6.42 Å². The molecule has 0 amide bonds. The highest BCUT2D eigenvalue weighted by atomic mass is 16.2. The van der Waals surface area contributed by atoms with Gasteiger partial charge in [0.15, 0.2) is 6.29 Å². The van der Waals surface area contributed by atoms with E-state index in [1.807, 2.05) is 6.92 Å². The van der Waals surface area contributed by atoms with Crippen LogP contribution < -0.4 is 0 Å². The quantitative estimate of drug-likeness (QED) is 0.251. The van der Waals surface area contributed by atoms with Crippen molar-refractivity contribution in [2.24, 2.45) is 0 Å². The van der Waals surface area contributed by atoms with Crippen LogP contribution in [-0.2, 0) is 19.2 Å². The molecule has 0 saturated heterocycles. The van der Waals surface area contributed by atoms with Gasteiger partial charge in [0.05, 0.1) is 0 Å². The summed E-state index contributed by atoms with van der Waals surface area (Å²) in [5, 5.41) is 0. The van der Waals surface area contributed by atoms with Gasteiger partial charge in [-0.05, 0) is 6.42 Å². The van der Waals surface area contributed by atoms with Gasteiger partial charge in [-0.25, -0.2) is 0 Å². The van der Waals surface area contributed by atoms with Crippen molar-refractivity contribution in [1.82, 2.24) is 0 Å². The van der Waals surface area contributed by atoms with Crippen LogP contribution in [0.4, 0.5) is 0 Å². The van der Waals surface area contributed by atoms with Crippen molar-refractivity contribution in [3.05, 3.63) is 0 Å². The average molecular weight is 198 g/mol. The first-order valence-electron chi connectivity index (χ1n) is 4.70. The Balaban J connectivity index is 3.79. The second-order valence-electron chi connectivity index (χ2n) is 3.05. The van der Waals surface area contributed by atoms with Crippen LogP contribution in [0.25, 0.3) is 0 Å². The zero-order valence-corrected chi connectivity index (χ0v) is 8.25. The summed E-state index contributed by atoms with van der Waals surface area (Å²) in [6, 6.07) is 0. The predicted octanol–water partition coefficient (Wildman–Crippen LogP) is 0.863. The monoisotopic (exact) mass is 198 g/mol. The number of ketones is 3. The molecule has 0 radical (unpaired) electrons. The van der Waals surface area contributed by atoms with Crippen LogP contribution in [-0.4, -0.2) is 23.6 Å². The maximum atomic E-state index is 11.0. The van der Waals surface area contributed by atoms with E-state index in [9.17, 15) is 19.2 Å². The number of aldehydes is 1. The summed E-state index contributed by atoms with van der Waals surface area (Å²) in [6.45, 7) is 2.03. The number of carbonyl (C=O) groups excluding carboxylic acids is 4. The van der Waals surface area contributed by atoms with Crippen LogP contribution in [0.5, 0.6) is 0 Å². The fourth-order valence-electron chi connectivity index (χ4n) is 1.02. The molecule has 0 aromatic heterocycles. The Kier molecular flexibility index (Phi) is 6.45. The fourth-order valence-corrected chi connectivity index (χ4v) is 1.02. The van der Waals surface area contributed by atoms with Crippen LogP contribution in [0.2, 0.25) is 0 Å². The summed E-state index contributed by atoms with van der Waals surface area (Å²) in [6.07, 6.45) is 3.46. The molecule has 0 aliphatic carbocycles. The second-order valence-corrected chi connectivity index (χ2v) is 3.05. The van der Waals surface area contributed by atoms with Gasteiger partial charge in [0.25, 0.3) is 11.6 Å². The normalized spacial score (nSPS) is 9.50. The largest absolute Gasteiger partial charge is 0.294 e. The molecule has 4 heteroatoms. The number of carbonyl (C=O) groups is 4. The number of unbranched alkanes of at least 4 members (excludes halogenated alkanes) is 3. The topological polar surface area (TPSA) is 68.3 Å². The van der Waals surface area contributed by atoms with Gasteiger partial charge in [-0.2, -0.15) is 0 Å². The number of hydrogen-bond acceptors (Lipinski definition) is 4. The van der Waals surface area contributed by atoms with Crippen LogP contribution in [0, 0.1) is 0 Å².